The van der Waals surface area contributed by atoms with Crippen LogP contribution in [0.2, 0.25) is 0 Å². The molecule has 17 heavy (non-hydrogen) atoms. The summed E-state index contributed by atoms with van der Waals surface area (Å²) in [5.41, 5.74) is 1.58. The molecule has 0 aliphatic heterocycles. The van der Waals surface area contributed by atoms with Crippen molar-refractivity contribution < 1.29 is 10.2 Å². The van der Waals surface area contributed by atoms with Crippen molar-refractivity contribution in [1.29, 1.82) is 0 Å². The second kappa shape index (κ2) is 5.92. The summed E-state index contributed by atoms with van der Waals surface area (Å²) >= 11 is 0. The Morgan fingerprint density at radius 3 is 2.29 bits per heavy atom. The Bertz CT molecular complexity index is 363. The maximum Gasteiger partial charge on any atom is 0.123 e. The lowest BCUT2D eigenvalue weighted by Gasteiger charge is -2.30. The first-order valence-electron chi connectivity index (χ1n) is 6.28. The van der Waals surface area contributed by atoms with E-state index in [1.807, 2.05) is 6.07 Å². The van der Waals surface area contributed by atoms with Crippen molar-refractivity contribution >= 4 is 5.69 Å². The number of hydrogen-bond donors (Lipinski definition) is 2. The van der Waals surface area contributed by atoms with E-state index in [4.69, 9.17) is 0 Å². The minimum absolute atomic E-state index is 0.166. The predicted molar refractivity (Wildman–Crippen MR) is 71.5 cm³/mol. The normalized spacial score (nSPS) is 14.4. The molecule has 0 radical (unpaired) electrons. The van der Waals surface area contributed by atoms with Gasteiger partial charge in [-0.2, -0.15) is 0 Å². The molecule has 0 spiro atoms. The SMILES string of the molecule is CCC(C)N(CC)c1ccc(C(C)O)c(O)c1. The van der Waals surface area contributed by atoms with E-state index in [0.29, 0.717) is 11.6 Å². The molecule has 1 aromatic carbocycles. The summed E-state index contributed by atoms with van der Waals surface area (Å²) in [7, 11) is 0. The molecule has 0 aromatic heterocycles. The van der Waals surface area contributed by atoms with Gasteiger partial charge in [-0.15, -0.1) is 0 Å². The molecule has 0 bridgehead atoms. The van der Waals surface area contributed by atoms with Crippen LogP contribution in [0.4, 0.5) is 5.69 Å². The number of phenols is 1. The number of nitrogens with zero attached hydrogens (tertiary/aromatic N) is 1. The molecule has 2 N–H and O–H groups in total. The summed E-state index contributed by atoms with van der Waals surface area (Å²) in [5.74, 6) is 0.166. The Balaban J connectivity index is 3.03. The molecular formula is C14H23NO2. The van der Waals surface area contributed by atoms with E-state index >= 15 is 0 Å². The van der Waals surface area contributed by atoms with Gasteiger partial charge in [-0.05, 0) is 33.3 Å². The smallest absolute Gasteiger partial charge is 0.123 e. The Labute approximate surface area is 104 Å². The van der Waals surface area contributed by atoms with Crippen LogP contribution in [0.5, 0.6) is 5.75 Å². The number of aliphatic hydroxyl groups is 1. The fraction of sp³-hybridized carbons (Fsp3) is 0.571. The van der Waals surface area contributed by atoms with Crippen LogP contribution in [-0.2, 0) is 0 Å². The topological polar surface area (TPSA) is 43.7 Å². The number of benzene rings is 1. The fourth-order valence-corrected chi connectivity index (χ4v) is 2.03. The van der Waals surface area contributed by atoms with Gasteiger partial charge in [-0.25, -0.2) is 0 Å². The van der Waals surface area contributed by atoms with Crippen LogP contribution in [0, 0.1) is 0 Å². The quantitative estimate of drug-likeness (QED) is 0.827. The van der Waals surface area contributed by atoms with Gasteiger partial charge < -0.3 is 15.1 Å². The number of aromatic hydroxyl groups is 1. The van der Waals surface area contributed by atoms with Gasteiger partial charge in [0.25, 0.3) is 0 Å². The lowest BCUT2D eigenvalue weighted by atomic mass is 10.1. The Kier molecular flexibility index (Phi) is 4.82. The number of aliphatic hydroxyl groups excluding tert-OH is 1. The van der Waals surface area contributed by atoms with Crippen LogP contribution in [0.3, 0.4) is 0 Å². The molecule has 2 atom stereocenters. The summed E-state index contributed by atoms with van der Waals surface area (Å²) in [6, 6.07) is 5.92. The van der Waals surface area contributed by atoms with Gasteiger partial charge in [0, 0.05) is 29.9 Å². The lowest BCUT2D eigenvalue weighted by Crippen LogP contribution is -2.32. The van der Waals surface area contributed by atoms with E-state index in [-0.39, 0.29) is 5.75 Å². The standard InChI is InChI=1S/C14H23NO2/c1-5-10(3)15(6-2)12-7-8-13(11(4)16)14(17)9-12/h7-11,16-17H,5-6H2,1-4H3. The molecule has 0 amide bonds. The highest BCUT2D eigenvalue weighted by molar-refractivity contribution is 5.54. The highest BCUT2D eigenvalue weighted by Crippen LogP contribution is 2.30. The van der Waals surface area contributed by atoms with Gasteiger partial charge >= 0.3 is 0 Å². The highest BCUT2D eigenvalue weighted by Gasteiger charge is 2.14. The van der Waals surface area contributed by atoms with Crippen molar-refractivity contribution in [3.63, 3.8) is 0 Å². The van der Waals surface area contributed by atoms with Crippen molar-refractivity contribution in [3.05, 3.63) is 23.8 Å². The van der Waals surface area contributed by atoms with Gasteiger partial charge in [0.1, 0.15) is 5.75 Å². The molecule has 0 saturated heterocycles. The summed E-state index contributed by atoms with van der Waals surface area (Å²) in [5, 5.41) is 19.3. The van der Waals surface area contributed by atoms with Gasteiger partial charge in [-0.3, -0.25) is 0 Å². The van der Waals surface area contributed by atoms with Crippen LogP contribution in [0.1, 0.15) is 45.8 Å². The zero-order valence-corrected chi connectivity index (χ0v) is 11.1. The molecule has 0 heterocycles. The largest absolute Gasteiger partial charge is 0.507 e. The minimum atomic E-state index is -0.636. The lowest BCUT2D eigenvalue weighted by molar-refractivity contribution is 0.195. The van der Waals surface area contributed by atoms with E-state index in [1.165, 1.54) is 0 Å². The molecule has 3 heteroatoms. The number of hydrogen-bond acceptors (Lipinski definition) is 3. The molecule has 1 aromatic rings. The Morgan fingerprint density at radius 2 is 1.88 bits per heavy atom. The monoisotopic (exact) mass is 237 g/mol. The van der Waals surface area contributed by atoms with E-state index in [0.717, 1.165) is 18.7 Å². The molecule has 0 aliphatic carbocycles. The van der Waals surface area contributed by atoms with Gasteiger partial charge in [-0.1, -0.05) is 13.0 Å². The van der Waals surface area contributed by atoms with Crippen LogP contribution < -0.4 is 4.90 Å². The Hall–Kier alpha value is -1.22. The zero-order chi connectivity index (χ0) is 13.0. The maximum absolute atomic E-state index is 9.87. The number of phenolic OH excluding ortho intramolecular Hbond substituents is 1. The summed E-state index contributed by atoms with van der Waals surface area (Å²) in [4.78, 5) is 2.24. The molecule has 96 valence electrons. The molecule has 2 unspecified atom stereocenters. The van der Waals surface area contributed by atoms with E-state index in [9.17, 15) is 10.2 Å². The molecule has 0 aliphatic rings. The molecule has 0 fully saturated rings. The van der Waals surface area contributed by atoms with Crippen molar-refractivity contribution in [2.24, 2.45) is 0 Å². The summed E-state index contributed by atoms with van der Waals surface area (Å²) in [6.45, 7) is 8.98. The van der Waals surface area contributed by atoms with Crippen LogP contribution >= 0.6 is 0 Å². The first-order valence-corrected chi connectivity index (χ1v) is 6.28. The molecule has 3 nitrogen and oxygen atoms in total. The number of rotatable bonds is 5. The first kappa shape index (κ1) is 13.8. The third-order valence-corrected chi connectivity index (χ3v) is 3.26. The first-order chi connectivity index (χ1) is 8.01. The zero-order valence-electron chi connectivity index (χ0n) is 11.1. The van der Waals surface area contributed by atoms with E-state index in [1.54, 1.807) is 19.1 Å². The van der Waals surface area contributed by atoms with Crippen LogP contribution in [0.15, 0.2) is 18.2 Å². The molecule has 0 saturated carbocycles. The average molecular weight is 237 g/mol. The third kappa shape index (κ3) is 3.13. The third-order valence-electron chi connectivity index (χ3n) is 3.26. The van der Waals surface area contributed by atoms with Gasteiger partial charge in [0.15, 0.2) is 0 Å². The van der Waals surface area contributed by atoms with Gasteiger partial charge in [0.05, 0.1) is 6.10 Å². The van der Waals surface area contributed by atoms with E-state index < -0.39 is 6.10 Å². The van der Waals surface area contributed by atoms with Gasteiger partial charge in [0.2, 0.25) is 0 Å². The van der Waals surface area contributed by atoms with Crippen molar-refractivity contribution in [1.82, 2.24) is 0 Å². The van der Waals surface area contributed by atoms with Crippen molar-refractivity contribution in [2.45, 2.75) is 46.3 Å². The summed E-state index contributed by atoms with van der Waals surface area (Å²) in [6.07, 6.45) is 0.426. The predicted octanol–water partition coefficient (Wildman–Crippen LogP) is 3.07. The van der Waals surface area contributed by atoms with Crippen LogP contribution in [0.25, 0.3) is 0 Å². The Morgan fingerprint density at radius 1 is 1.24 bits per heavy atom. The summed E-state index contributed by atoms with van der Waals surface area (Å²) < 4.78 is 0. The van der Waals surface area contributed by atoms with Crippen LogP contribution in [-0.4, -0.2) is 22.8 Å². The minimum Gasteiger partial charge on any atom is -0.507 e. The van der Waals surface area contributed by atoms with Crippen molar-refractivity contribution in [3.8, 4) is 5.75 Å². The number of anilines is 1. The fourth-order valence-electron chi connectivity index (χ4n) is 2.03. The molecule has 1 rings (SSSR count). The second-order valence-corrected chi connectivity index (χ2v) is 4.46. The second-order valence-electron chi connectivity index (χ2n) is 4.46. The van der Waals surface area contributed by atoms with Crippen molar-refractivity contribution in [2.75, 3.05) is 11.4 Å². The maximum atomic E-state index is 9.87. The average Bonchev–Trinajstić information content (AvgIpc) is 2.29. The van der Waals surface area contributed by atoms with E-state index in [2.05, 4.69) is 25.7 Å². The highest BCUT2D eigenvalue weighted by atomic mass is 16.3. The molecular weight excluding hydrogens is 214 g/mol.